The van der Waals surface area contributed by atoms with Crippen molar-refractivity contribution in [1.82, 2.24) is 4.31 Å². The van der Waals surface area contributed by atoms with Gasteiger partial charge in [-0.15, -0.1) is 12.4 Å². The second-order valence-electron chi connectivity index (χ2n) is 4.96. The number of sulfonamides is 1. The van der Waals surface area contributed by atoms with Gasteiger partial charge >= 0.3 is 0 Å². The van der Waals surface area contributed by atoms with Gasteiger partial charge in [0.05, 0.1) is 11.0 Å². The highest BCUT2D eigenvalue weighted by atomic mass is 35.5. The molecule has 0 aromatic heterocycles. The summed E-state index contributed by atoms with van der Waals surface area (Å²) < 4.78 is 57.8. The van der Waals surface area contributed by atoms with Crippen LogP contribution >= 0.6 is 12.4 Å². The Morgan fingerprint density at radius 1 is 1.36 bits per heavy atom. The number of rotatable bonds is 4. The molecule has 1 fully saturated rings. The van der Waals surface area contributed by atoms with Crippen LogP contribution in [0.2, 0.25) is 0 Å². The van der Waals surface area contributed by atoms with Crippen LogP contribution < -0.4 is 5.73 Å². The lowest BCUT2D eigenvalue weighted by Gasteiger charge is -2.37. The number of hydrogen-bond acceptors (Lipinski definition) is 4. The highest BCUT2D eigenvalue weighted by Gasteiger charge is 2.36. The summed E-state index contributed by atoms with van der Waals surface area (Å²) in [5.74, 6) is -2.27. The van der Waals surface area contributed by atoms with E-state index in [-0.39, 0.29) is 36.5 Å². The van der Waals surface area contributed by atoms with E-state index in [1.807, 2.05) is 0 Å². The van der Waals surface area contributed by atoms with Crippen LogP contribution in [0.3, 0.4) is 0 Å². The number of nitrogens with zero attached hydrogens (tertiary/aromatic N) is 1. The minimum atomic E-state index is -3.90. The van der Waals surface area contributed by atoms with Crippen molar-refractivity contribution in [2.75, 3.05) is 20.2 Å². The van der Waals surface area contributed by atoms with Crippen molar-refractivity contribution in [3.8, 4) is 0 Å². The number of benzene rings is 1. The second-order valence-corrected chi connectivity index (χ2v) is 6.85. The summed E-state index contributed by atoms with van der Waals surface area (Å²) in [4.78, 5) is -0.268. The zero-order chi connectivity index (χ0) is 15.6. The molecular formula is C13H19ClF2N2O3S. The molecule has 0 bridgehead atoms. The molecule has 1 aromatic rings. The van der Waals surface area contributed by atoms with Crippen molar-refractivity contribution in [1.29, 1.82) is 0 Å². The van der Waals surface area contributed by atoms with Crippen molar-refractivity contribution < 1.29 is 21.9 Å². The molecule has 0 radical (unpaired) electrons. The molecule has 0 saturated carbocycles. The van der Waals surface area contributed by atoms with E-state index in [1.54, 1.807) is 7.11 Å². The van der Waals surface area contributed by atoms with Gasteiger partial charge in [-0.25, -0.2) is 17.2 Å². The Morgan fingerprint density at radius 2 is 2.05 bits per heavy atom. The molecule has 2 rings (SSSR count). The summed E-state index contributed by atoms with van der Waals surface area (Å²) in [5, 5.41) is 0. The van der Waals surface area contributed by atoms with Gasteiger partial charge in [-0.2, -0.15) is 4.31 Å². The average molecular weight is 357 g/mol. The van der Waals surface area contributed by atoms with Crippen molar-refractivity contribution >= 4 is 22.4 Å². The quantitative estimate of drug-likeness (QED) is 0.887. The summed E-state index contributed by atoms with van der Waals surface area (Å²) in [6.45, 7) is 0.379. The van der Waals surface area contributed by atoms with Crippen molar-refractivity contribution in [3.05, 3.63) is 29.8 Å². The number of ether oxygens (including phenoxy) is 1. The standard InChI is InChI=1S/C13H18F2N2O3S.ClH/c1-20-10-4-5-17(9(6-10)8-16)21(18,19)11-2-3-12(14)13(15)7-11;/h2-3,7,9-10H,4-6,8,16H2,1H3;1H. The fourth-order valence-corrected chi connectivity index (χ4v) is 4.18. The molecular weight excluding hydrogens is 338 g/mol. The van der Waals surface area contributed by atoms with E-state index in [9.17, 15) is 17.2 Å². The topological polar surface area (TPSA) is 72.6 Å². The maximum absolute atomic E-state index is 13.3. The van der Waals surface area contributed by atoms with E-state index < -0.39 is 27.7 Å². The first-order valence-electron chi connectivity index (χ1n) is 6.60. The number of nitrogens with two attached hydrogens (primary N) is 1. The minimum absolute atomic E-state index is 0. The maximum atomic E-state index is 13.3. The highest BCUT2D eigenvalue weighted by Crippen LogP contribution is 2.27. The minimum Gasteiger partial charge on any atom is -0.381 e. The molecule has 5 nitrogen and oxygen atoms in total. The molecule has 1 aliphatic rings. The van der Waals surface area contributed by atoms with E-state index in [2.05, 4.69) is 0 Å². The largest absolute Gasteiger partial charge is 0.381 e. The fraction of sp³-hybridized carbons (Fsp3) is 0.538. The Balaban J connectivity index is 0.00000242. The lowest BCUT2D eigenvalue weighted by Crippen LogP contribution is -2.51. The number of piperidine rings is 1. The van der Waals surface area contributed by atoms with E-state index in [0.29, 0.717) is 18.9 Å². The molecule has 1 saturated heterocycles. The van der Waals surface area contributed by atoms with Gasteiger partial charge in [0.15, 0.2) is 11.6 Å². The van der Waals surface area contributed by atoms with Crippen LogP contribution in [0.4, 0.5) is 8.78 Å². The Bertz CT molecular complexity index is 615. The molecule has 2 atom stereocenters. The lowest BCUT2D eigenvalue weighted by molar-refractivity contribution is 0.0401. The molecule has 2 N–H and O–H groups in total. The zero-order valence-electron chi connectivity index (χ0n) is 12.0. The summed E-state index contributed by atoms with van der Waals surface area (Å²) in [7, 11) is -2.34. The Kier molecular flexibility index (Phi) is 6.69. The fourth-order valence-electron chi connectivity index (χ4n) is 2.51. The predicted octanol–water partition coefficient (Wildman–Crippen LogP) is 1.51. The molecule has 1 aromatic carbocycles. The second kappa shape index (κ2) is 7.65. The summed E-state index contributed by atoms with van der Waals surface area (Å²) in [5.41, 5.74) is 5.64. The molecule has 1 heterocycles. The molecule has 0 amide bonds. The first-order valence-corrected chi connectivity index (χ1v) is 8.04. The van der Waals surface area contributed by atoms with E-state index >= 15 is 0 Å². The van der Waals surface area contributed by atoms with Gasteiger partial charge in [0.25, 0.3) is 0 Å². The summed E-state index contributed by atoms with van der Waals surface area (Å²) in [6, 6.07) is 2.15. The van der Waals surface area contributed by atoms with Crippen LogP contribution in [-0.2, 0) is 14.8 Å². The van der Waals surface area contributed by atoms with Crippen molar-refractivity contribution in [3.63, 3.8) is 0 Å². The first kappa shape index (κ1) is 19.2. The van der Waals surface area contributed by atoms with Crippen LogP contribution in [0.15, 0.2) is 23.1 Å². The van der Waals surface area contributed by atoms with Gasteiger partial charge in [-0.1, -0.05) is 0 Å². The first-order chi connectivity index (χ1) is 9.90. The van der Waals surface area contributed by atoms with Gasteiger partial charge in [0, 0.05) is 26.2 Å². The summed E-state index contributed by atoms with van der Waals surface area (Å²) in [6.07, 6.45) is 0.973. The Morgan fingerprint density at radius 3 is 2.59 bits per heavy atom. The molecule has 2 unspecified atom stereocenters. The van der Waals surface area contributed by atoms with E-state index in [0.717, 1.165) is 12.1 Å². The number of methoxy groups -OCH3 is 1. The smallest absolute Gasteiger partial charge is 0.243 e. The Hall–Kier alpha value is -0.800. The van der Waals surface area contributed by atoms with E-state index in [4.69, 9.17) is 10.5 Å². The molecule has 126 valence electrons. The number of halogens is 3. The molecule has 0 aliphatic carbocycles. The van der Waals surface area contributed by atoms with Crippen LogP contribution in [-0.4, -0.2) is 45.1 Å². The maximum Gasteiger partial charge on any atom is 0.243 e. The van der Waals surface area contributed by atoms with Crippen LogP contribution in [0, 0.1) is 11.6 Å². The molecule has 22 heavy (non-hydrogen) atoms. The molecule has 9 heteroatoms. The third kappa shape index (κ3) is 3.75. The van der Waals surface area contributed by atoms with Crippen LogP contribution in [0.5, 0.6) is 0 Å². The number of hydrogen-bond donors (Lipinski definition) is 1. The van der Waals surface area contributed by atoms with Crippen LogP contribution in [0.25, 0.3) is 0 Å². The zero-order valence-corrected chi connectivity index (χ0v) is 13.7. The Labute approximate surface area is 134 Å². The van der Waals surface area contributed by atoms with Crippen molar-refractivity contribution in [2.24, 2.45) is 5.73 Å². The van der Waals surface area contributed by atoms with Gasteiger partial charge in [-0.05, 0) is 31.0 Å². The lowest BCUT2D eigenvalue weighted by atomic mass is 10.0. The highest BCUT2D eigenvalue weighted by molar-refractivity contribution is 7.89. The molecule has 0 spiro atoms. The van der Waals surface area contributed by atoms with Gasteiger partial charge in [-0.3, -0.25) is 0 Å². The van der Waals surface area contributed by atoms with Gasteiger partial charge in [0.2, 0.25) is 10.0 Å². The third-order valence-electron chi connectivity index (χ3n) is 3.72. The predicted molar refractivity (Wildman–Crippen MR) is 80.4 cm³/mol. The summed E-state index contributed by atoms with van der Waals surface area (Å²) >= 11 is 0. The third-order valence-corrected chi connectivity index (χ3v) is 5.66. The van der Waals surface area contributed by atoms with Crippen LogP contribution in [0.1, 0.15) is 12.8 Å². The van der Waals surface area contributed by atoms with Gasteiger partial charge in [0.1, 0.15) is 0 Å². The van der Waals surface area contributed by atoms with Gasteiger partial charge < -0.3 is 10.5 Å². The normalized spacial score (nSPS) is 23.1. The SMILES string of the molecule is COC1CCN(S(=O)(=O)c2ccc(F)c(F)c2)C(CN)C1.Cl. The van der Waals surface area contributed by atoms with E-state index in [1.165, 1.54) is 4.31 Å². The van der Waals surface area contributed by atoms with Crippen molar-refractivity contribution in [2.45, 2.75) is 29.9 Å². The molecule has 1 aliphatic heterocycles. The monoisotopic (exact) mass is 356 g/mol. The average Bonchev–Trinajstić information content (AvgIpc) is 2.49.